The van der Waals surface area contributed by atoms with E-state index in [0.29, 0.717) is 29.3 Å². The zero-order valence-electron chi connectivity index (χ0n) is 14.2. The Hall–Kier alpha value is 0.500. The van der Waals surface area contributed by atoms with E-state index in [1.807, 2.05) is 34.7 Å². The third-order valence-corrected chi connectivity index (χ3v) is 30.6. The van der Waals surface area contributed by atoms with Gasteiger partial charge >= 0.3 is 124 Å². The van der Waals surface area contributed by atoms with E-state index in [-0.39, 0.29) is 0 Å². The van der Waals surface area contributed by atoms with Crippen molar-refractivity contribution in [3.8, 4) is 0 Å². The summed E-state index contributed by atoms with van der Waals surface area (Å²) < 4.78 is 28.4. The average Bonchev–Trinajstić information content (AvgIpc) is 2.52. The molecular weight excluding hydrogens is 429 g/mol. The average molecular weight is 462 g/mol. The van der Waals surface area contributed by atoms with Gasteiger partial charge in [0.15, 0.2) is 0 Å². The molecule has 0 aliphatic carbocycles. The predicted molar refractivity (Wildman–Crippen MR) is 76.1 cm³/mol. The number of likely N-dealkylation sites (N-methyl/N-ethyl adjacent to an activating group) is 2. The van der Waals surface area contributed by atoms with Crippen LogP contribution in [0.2, 0.25) is 0 Å². The van der Waals surface area contributed by atoms with Crippen molar-refractivity contribution < 1.29 is 32.5 Å². The van der Waals surface area contributed by atoms with Gasteiger partial charge in [-0.1, -0.05) is 0 Å². The Labute approximate surface area is 124 Å². The zero-order chi connectivity index (χ0) is 15.6. The van der Waals surface area contributed by atoms with Gasteiger partial charge in [0.25, 0.3) is 0 Å². The van der Waals surface area contributed by atoms with Crippen molar-refractivity contribution >= 4 is 0 Å². The molecule has 0 bridgehead atoms. The van der Waals surface area contributed by atoms with Gasteiger partial charge in [0, 0.05) is 0 Å². The quantitative estimate of drug-likeness (QED) is 0.551. The van der Waals surface area contributed by atoms with Crippen molar-refractivity contribution in [1.29, 1.82) is 0 Å². The summed E-state index contributed by atoms with van der Waals surface area (Å²) in [7, 11) is 6.24. The van der Waals surface area contributed by atoms with E-state index >= 15 is 0 Å². The van der Waals surface area contributed by atoms with Gasteiger partial charge in [-0.15, -0.1) is 0 Å². The number of nitrogens with zero attached hydrogens (tertiary/aromatic N) is 2. The predicted octanol–water partition coefficient (Wildman–Crippen LogP) is 1.87. The molecule has 0 aromatic heterocycles. The van der Waals surface area contributed by atoms with Crippen LogP contribution in [0.4, 0.5) is 0 Å². The first-order valence-electron chi connectivity index (χ1n) is 7.59. The molecule has 1 rings (SSSR count). The van der Waals surface area contributed by atoms with Gasteiger partial charge in [0.2, 0.25) is 0 Å². The molecule has 0 radical (unpaired) electrons. The van der Waals surface area contributed by atoms with Gasteiger partial charge in [-0.2, -0.15) is 0 Å². The maximum atomic E-state index is 6.45. The van der Waals surface area contributed by atoms with E-state index in [9.17, 15) is 0 Å². The van der Waals surface area contributed by atoms with Crippen LogP contribution in [-0.2, 0) is 29.6 Å². The van der Waals surface area contributed by atoms with Gasteiger partial charge in [0.05, 0.1) is 0 Å². The van der Waals surface area contributed by atoms with Crippen LogP contribution in [0.1, 0.15) is 27.7 Å². The minimum absolute atomic E-state index is 0.504. The molecule has 1 fully saturated rings. The summed E-state index contributed by atoms with van der Waals surface area (Å²) in [5, 5.41) is 0. The van der Waals surface area contributed by atoms with Crippen molar-refractivity contribution in [2.45, 2.75) is 27.7 Å². The van der Waals surface area contributed by atoms with Crippen molar-refractivity contribution in [1.82, 2.24) is 3.30 Å². The molecule has 1 saturated heterocycles. The monoisotopic (exact) mass is 462 g/mol. The Morgan fingerprint density at radius 3 is 1.40 bits per heavy atom. The van der Waals surface area contributed by atoms with Gasteiger partial charge in [-0.3, -0.25) is 0 Å². The van der Waals surface area contributed by atoms with Crippen LogP contribution in [-0.4, -0.2) is 66.9 Å². The van der Waals surface area contributed by atoms with Gasteiger partial charge in [-0.25, -0.2) is 0 Å². The summed E-state index contributed by atoms with van der Waals surface area (Å²) in [5.74, 6) is 0. The fourth-order valence-electron chi connectivity index (χ4n) is 3.56. The second-order valence-electron chi connectivity index (χ2n) is 5.59. The minimum atomic E-state index is -5.57. The summed E-state index contributed by atoms with van der Waals surface area (Å²) in [6.07, 6.45) is 0. The van der Waals surface area contributed by atoms with Crippen LogP contribution < -0.4 is 0 Å². The van der Waals surface area contributed by atoms with Crippen LogP contribution in [0.5, 0.6) is 0 Å². The summed E-state index contributed by atoms with van der Waals surface area (Å²) in [6.45, 7) is 11.6. The second kappa shape index (κ2) is 5.61. The molecule has 0 aromatic carbocycles. The van der Waals surface area contributed by atoms with Gasteiger partial charge in [-0.05, 0) is 0 Å². The van der Waals surface area contributed by atoms with Crippen molar-refractivity contribution in [2.24, 2.45) is 0 Å². The van der Waals surface area contributed by atoms with Crippen molar-refractivity contribution in [3.05, 3.63) is 0 Å². The summed E-state index contributed by atoms with van der Waals surface area (Å²) >= 11 is -5.57. The van der Waals surface area contributed by atoms with Crippen molar-refractivity contribution in [3.63, 3.8) is 0 Å². The van der Waals surface area contributed by atoms with Crippen LogP contribution in [0.25, 0.3) is 0 Å². The number of rotatable bonds is 8. The summed E-state index contributed by atoms with van der Waals surface area (Å²) in [4.78, 5) is 0. The zero-order valence-corrected chi connectivity index (χ0v) is 17.4. The SMILES string of the molecule is CC[O][Ta]1([O]CC)([O]CC)([O]CC)[N](C)CC[N+]1(C)C. The molecule has 0 atom stereocenters. The maximum absolute atomic E-state index is 6.45. The van der Waals surface area contributed by atoms with Gasteiger partial charge < -0.3 is 0 Å². The van der Waals surface area contributed by atoms with Crippen LogP contribution in [0.3, 0.4) is 0 Å². The molecule has 0 aromatic rings. The Morgan fingerprint density at radius 2 is 1.20 bits per heavy atom. The third kappa shape index (κ3) is 1.84. The van der Waals surface area contributed by atoms with E-state index in [0.717, 1.165) is 13.1 Å². The molecule has 7 heteroatoms. The van der Waals surface area contributed by atoms with Crippen LogP contribution in [0, 0.1) is 0 Å². The molecule has 6 nitrogen and oxygen atoms in total. The Balaban J connectivity index is 3.72. The molecule has 1 heterocycles. The fraction of sp³-hybridized carbons (Fsp3) is 1.00. The Morgan fingerprint density at radius 1 is 0.850 bits per heavy atom. The van der Waals surface area contributed by atoms with Crippen LogP contribution in [0.15, 0.2) is 0 Å². The first-order valence-corrected chi connectivity index (χ1v) is 15.7. The molecule has 0 amide bonds. The number of hydrogen-bond donors (Lipinski definition) is 0. The molecule has 0 unspecified atom stereocenters. The van der Waals surface area contributed by atoms with E-state index in [2.05, 4.69) is 17.4 Å². The second-order valence-corrected chi connectivity index (χ2v) is 24.2. The molecule has 0 saturated carbocycles. The summed E-state index contributed by atoms with van der Waals surface area (Å²) in [6, 6.07) is 0. The van der Waals surface area contributed by atoms with Crippen molar-refractivity contribution in [2.75, 3.05) is 60.7 Å². The molecule has 123 valence electrons. The molecule has 0 N–H and O–H groups in total. The fourth-order valence-corrected chi connectivity index (χ4v) is 27.0. The third-order valence-electron chi connectivity index (χ3n) is 4.42. The normalized spacial score (nSPS) is 30.1. The standard InChI is InChI=1S/C5H13N2.4C2H5O.Ta/c1-6-4-5-7(2)3;4*1-2-3;/h4-5H2,1-3H3;4*2H2,1H3;/q5*-1;+6. The summed E-state index contributed by atoms with van der Waals surface area (Å²) in [5.41, 5.74) is 0. The van der Waals surface area contributed by atoms with E-state index in [1.165, 1.54) is 0 Å². The topological polar surface area (TPSA) is 40.2 Å². The molecule has 1 aliphatic heterocycles. The first-order chi connectivity index (χ1) is 9.26. The molecular formula is C13H33N2O4Ta+. The first kappa shape index (κ1) is 18.5. The Bertz CT molecular complexity index is 323. The molecule has 20 heavy (non-hydrogen) atoms. The van der Waals surface area contributed by atoms with E-state index in [1.54, 1.807) is 0 Å². The van der Waals surface area contributed by atoms with Gasteiger partial charge in [0.1, 0.15) is 0 Å². The molecule has 1 aliphatic rings. The number of quaternary nitrogens is 1. The molecule has 0 spiro atoms. The van der Waals surface area contributed by atoms with Crippen LogP contribution >= 0.6 is 0 Å². The van der Waals surface area contributed by atoms with E-state index in [4.69, 9.17) is 13.0 Å². The van der Waals surface area contributed by atoms with E-state index < -0.39 is 16.6 Å². The Kier molecular flexibility index (Phi) is 5.20. The number of hydrogen-bond acceptors (Lipinski definition) is 5.